The smallest absolute Gasteiger partial charge is 0.245 e. The molecule has 0 amide bonds. The van der Waals surface area contributed by atoms with Crippen molar-refractivity contribution >= 4 is 20.9 Å². The first-order valence-electron chi connectivity index (χ1n) is 7.32. The molecule has 8 heteroatoms. The van der Waals surface area contributed by atoms with Gasteiger partial charge in [-0.2, -0.15) is 5.10 Å². The first-order valence-corrected chi connectivity index (χ1v) is 8.80. The number of nitrogens with one attached hydrogen (secondary N) is 1. The largest absolute Gasteiger partial charge is 0.360 e. The summed E-state index contributed by atoms with van der Waals surface area (Å²) in [5.41, 5.74) is 1.41. The summed E-state index contributed by atoms with van der Waals surface area (Å²) in [7, 11) is -3.60. The Balaban J connectivity index is 1.62. The number of hydrogen-bond donors (Lipinski definition) is 1. The molecule has 0 bridgehead atoms. The monoisotopic (exact) mass is 334 g/mol. The van der Waals surface area contributed by atoms with Crippen LogP contribution >= 0.6 is 0 Å². The maximum atomic E-state index is 12.3. The van der Waals surface area contributed by atoms with Crippen LogP contribution in [0.4, 0.5) is 0 Å². The number of para-hydroxylation sites is 1. The molecule has 0 aliphatic rings. The van der Waals surface area contributed by atoms with Gasteiger partial charge in [-0.25, -0.2) is 13.1 Å². The van der Waals surface area contributed by atoms with E-state index in [1.54, 1.807) is 13.8 Å². The van der Waals surface area contributed by atoms with Crippen LogP contribution < -0.4 is 4.72 Å². The molecule has 0 radical (unpaired) electrons. The van der Waals surface area contributed by atoms with Crippen molar-refractivity contribution < 1.29 is 12.9 Å². The second kappa shape index (κ2) is 6.13. The molecule has 0 saturated heterocycles. The predicted molar refractivity (Wildman–Crippen MR) is 85.5 cm³/mol. The molecule has 1 N–H and O–H groups in total. The van der Waals surface area contributed by atoms with Gasteiger partial charge in [0.1, 0.15) is 10.6 Å². The molecule has 0 spiro atoms. The highest BCUT2D eigenvalue weighted by Crippen LogP contribution is 2.18. The minimum absolute atomic E-state index is 0.127. The van der Waals surface area contributed by atoms with Crippen molar-refractivity contribution in [3.8, 4) is 0 Å². The zero-order chi connectivity index (χ0) is 16.4. The molecule has 122 valence electrons. The van der Waals surface area contributed by atoms with E-state index in [0.29, 0.717) is 31.0 Å². The molecule has 1 aromatic carbocycles. The second-order valence-electron chi connectivity index (χ2n) is 5.33. The lowest BCUT2D eigenvalue weighted by atomic mass is 10.2. The van der Waals surface area contributed by atoms with Crippen LogP contribution in [0.1, 0.15) is 17.9 Å². The summed E-state index contributed by atoms with van der Waals surface area (Å²) in [4.78, 5) is 0.127. The van der Waals surface area contributed by atoms with E-state index in [1.807, 2.05) is 35.1 Å². The van der Waals surface area contributed by atoms with Crippen LogP contribution in [-0.4, -0.2) is 29.9 Å². The Labute approximate surface area is 134 Å². The quantitative estimate of drug-likeness (QED) is 0.696. The lowest BCUT2D eigenvalue weighted by molar-refractivity contribution is 0.390. The number of aromatic nitrogens is 3. The van der Waals surface area contributed by atoms with E-state index < -0.39 is 10.0 Å². The molecule has 2 heterocycles. The third-order valence-electron chi connectivity index (χ3n) is 3.63. The molecule has 0 fully saturated rings. The highest BCUT2D eigenvalue weighted by atomic mass is 32.2. The molecular weight excluding hydrogens is 316 g/mol. The SMILES string of the molecule is Cc1noc(C)c1S(=O)(=O)NCCCn1ncc2ccccc21. The minimum atomic E-state index is -3.60. The summed E-state index contributed by atoms with van der Waals surface area (Å²) in [6.45, 7) is 4.16. The van der Waals surface area contributed by atoms with Crippen molar-refractivity contribution in [2.75, 3.05) is 6.54 Å². The van der Waals surface area contributed by atoms with E-state index in [4.69, 9.17) is 4.52 Å². The summed E-state index contributed by atoms with van der Waals surface area (Å²) in [6.07, 6.45) is 2.44. The molecule has 7 nitrogen and oxygen atoms in total. The van der Waals surface area contributed by atoms with Crippen LogP contribution in [0.25, 0.3) is 10.9 Å². The fraction of sp³-hybridized carbons (Fsp3) is 0.333. The molecule has 0 atom stereocenters. The van der Waals surface area contributed by atoms with Gasteiger partial charge >= 0.3 is 0 Å². The Morgan fingerprint density at radius 3 is 2.78 bits per heavy atom. The molecule has 3 rings (SSSR count). The van der Waals surface area contributed by atoms with Crippen molar-refractivity contribution in [3.63, 3.8) is 0 Å². The van der Waals surface area contributed by atoms with Gasteiger partial charge in [0, 0.05) is 18.5 Å². The minimum Gasteiger partial charge on any atom is -0.360 e. The van der Waals surface area contributed by atoms with E-state index in [2.05, 4.69) is 15.0 Å². The van der Waals surface area contributed by atoms with Gasteiger partial charge in [-0.05, 0) is 26.3 Å². The number of benzene rings is 1. The topological polar surface area (TPSA) is 90.0 Å². The summed E-state index contributed by atoms with van der Waals surface area (Å²) in [6, 6.07) is 7.92. The van der Waals surface area contributed by atoms with E-state index in [0.717, 1.165) is 10.9 Å². The van der Waals surface area contributed by atoms with Crippen LogP contribution in [0.3, 0.4) is 0 Å². The lowest BCUT2D eigenvalue weighted by Crippen LogP contribution is -2.26. The Hall–Kier alpha value is -2.19. The maximum absolute atomic E-state index is 12.3. The van der Waals surface area contributed by atoms with Crippen molar-refractivity contribution in [1.29, 1.82) is 0 Å². The summed E-state index contributed by atoms with van der Waals surface area (Å²) in [5, 5.41) is 9.07. The number of fused-ring (bicyclic) bond motifs is 1. The molecule has 0 unspecified atom stereocenters. The number of rotatable bonds is 6. The third-order valence-corrected chi connectivity index (χ3v) is 5.33. The van der Waals surface area contributed by atoms with Crippen LogP contribution in [0.15, 0.2) is 39.9 Å². The van der Waals surface area contributed by atoms with Gasteiger partial charge in [0.2, 0.25) is 10.0 Å². The fourth-order valence-electron chi connectivity index (χ4n) is 2.57. The van der Waals surface area contributed by atoms with Gasteiger partial charge in [0.25, 0.3) is 0 Å². The molecule has 0 saturated carbocycles. The number of hydrogen-bond acceptors (Lipinski definition) is 5. The predicted octanol–water partition coefficient (Wildman–Crippen LogP) is 2.01. The fourth-order valence-corrected chi connectivity index (χ4v) is 3.97. The lowest BCUT2D eigenvalue weighted by Gasteiger charge is -2.07. The average Bonchev–Trinajstić information content (AvgIpc) is 3.08. The Morgan fingerprint density at radius 1 is 1.26 bits per heavy atom. The summed E-state index contributed by atoms with van der Waals surface area (Å²) in [5.74, 6) is 0.299. The number of aryl methyl sites for hydroxylation is 3. The number of sulfonamides is 1. The zero-order valence-electron chi connectivity index (χ0n) is 13.0. The molecule has 2 aromatic heterocycles. The van der Waals surface area contributed by atoms with Crippen molar-refractivity contribution in [2.24, 2.45) is 0 Å². The van der Waals surface area contributed by atoms with E-state index >= 15 is 0 Å². The molecule has 23 heavy (non-hydrogen) atoms. The second-order valence-corrected chi connectivity index (χ2v) is 7.03. The maximum Gasteiger partial charge on any atom is 0.245 e. The highest BCUT2D eigenvalue weighted by molar-refractivity contribution is 7.89. The van der Waals surface area contributed by atoms with E-state index in [9.17, 15) is 8.42 Å². The van der Waals surface area contributed by atoms with E-state index in [1.165, 1.54) is 0 Å². The van der Waals surface area contributed by atoms with Gasteiger partial charge in [0.15, 0.2) is 5.76 Å². The van der Waals surface area contributed by atoms with Gasteiger partial charge in [-0.1, -0.05) is 23.4 Å². The highest BCUT2D eigenvalue weighted by Gasteiger charge is 2.23. The van der Waals surface area contributed by atoms with Crippen LogP contribution in [0, 0.1) is 13.8 Å². The zero-order valence-corrected chi connectivity index (χ0v) is 13.8. The average molecular weight is 334 g/mol. The van der Waals surface area contributed by atoms with E-state index in [-0.39, 0.29) is 4.90 Å². The molecule has 0 aliphatic carbocycles. The Kier molecular flexibility index (Phi) is 4.18. The van der Waals surface area contributed by atoms with Gasteiger partial charge < -0.3 is 4.52 Å². The van der Waals surface area contributed by atoms with Gasteiger partial charge in [0.05, 0.1) is 11.7 Å². The Bertz CT molecular complexity index is 908. The molecule has 0 aliphatic heterocycles. The van der Waals surface area contributed by atoms with Crippen molar-refractivity contribution in [3.05, 3.63) is 41.9 Å². The van der Waals surface area contributed by atoms with Gasteiger partial charge in [-0.3, -0.25) is 4.68 Å². The standard InChI is InChI=1S/C15H18N4O3S/c1-11-15(12(2)22-18-11)23(20,21)17-8-5-9-19-14-7-4-3-6-13(14)10-16-19/h3-4,6-7,10,17H,5,8-9H2,1-2H3. The van der Waals surface area contributed by atoms with Crippen molar-refractivity contribution in [1.82, 2.24) is 19.7 Å². The van der Waals surface area contributed by atoms with Crippen LogP contribution in [-0.2, 0) is 16.6 Å². The summed E-state index contributed by atoms with van der Waals surface area (Å²) < 4.78 is 33.9. The first-order chi connectivity index (χ1) is 11.0. The normalized spacial score (nSPS) is 12.1. The number of nitrogens with zero attached hydrogens (tertiary/aromatic N) is 3. The first kappa shape index (κ1) is 15.7. The molecule has 3 aromatic rings. The third kappa shape index (κ3) is 3.13. The Morgan fingerprint density at radius 2 is 2.04 bits per heavy atom. The van der Waals surface area contributed by atoms with Gasteiger partial charge in [-0.15, -0.1) is 0 Å². The van der Waals surface area contributed by atoms with Crippen molar-refractivity contribution in [2.45, 2.75) is 31.7 Å². The summed E-state index contributed by atoms with van der Waals surface area (Å²) >= 11 is 0. The van der Waals surface area contributed by atoms with Crippen LogP contribution in [0.2, 0.25) is 0 Å². The van der Waals surface area contributed by atoms with Crippen LogP contribution in [0.5, 0.6) is 0 Å². The molecular formula is C15H18N4O3S.